The van der Waals surface area contributed by atoms with Gasteiger partial charge in [-0.15, -0.1) is 0 Å². The van der Waals surface area contributed by atoms with Crippen LogP contribution in [0.1, 0.15) is 27.2 Å². The topological polar surface area (TPSA) is 70.2 Å². The van der Waals surface area contributed by atoms with Crippen LogP contribution in [0.4, 0.5) is 0 Å². The molecule has 90 valence electrons. The third kappa shape index (κ3) is 4.46. The van der Waals surface area contributed by atoms with E-state index in [0.717, 1.165) is 13.0 Å². The van der Waals surface area contributed by atoms with E-state index >= 15 is 0 Å². The van der Waals surface area contributed by atoms with Gasteiger partial charge in [-0.25, -0.2) is 4.72 Å². The van der Waals surface area contributed by atoms with Crippen molar-refractivity contribution in [2.24, 2.45) is 5.92 Å². The second-order valence-electron chi connectivity index (χ2n) is 4.84. The van der Waals surface area contributed by atoms with E-state index in [-0.39, 0.29) is 5.54 Å². The van der Waals surface area contributed by atoms with Crippen molar-refractivity contribution >= 4 is 10.2 Å². The Bertz CT molecular complexity index is 294. The minimum Gasteiger partial charge on any atom is -0.315 e. The molecule has 1 aliphatic rings. The predicted molar refractivity (Wildman–Crippen MR) is 60.8 cm³/mol. The van der Waals surface area contributed by atoms with Crippen molar-refractivity contribution in [3.05, 3.63) is 0 Å². The van der Waals surface area contributed by atoms with Gasteiger partial charge in [0, 0.05) is 18.6 Å². The molecule has 1 aliphatic heterocycles. The average Bonchev–Trinajstić information content (AvgIpc) is 2.47. The first-order chi connectivity index (χ1) is 6.83. The highest BCUT2D eigenvalue weighted by molar-refractivity contribution is 7.87. The van der Waals surface area contributed by atoms with Gasteiger partial charge in [0.2, 0.25) is 0 Å². The summed E-state index contributed by atoms with van der Waals surface area (Å²) >= 11 is 0. The van der Waals surface area contributed by atoms with Crippen LogP contribution in [0, 0.1) is 5.92 Å². The molecular weight excluding hydrogens is 214 g/mol. The van der Waals surface area contributed by atoms with E-state index in [1.165, 1.54) is 0 Å². The second kappa shape index (κ2) is 4.78. The first kappa shape index (κ1) is 12.9. The smallest absolute Gasteiger partial charge is 0.277 e. The normalized spacial score (nSPS) is 27.5. The first-order valence-corrected chi connectivity index (χ1v) is 6.81. The van der Waals surface area contributed by atoms with E-state index in [2.05, 4.69) is 14.8 Å². The molecule has 1 saturated heterocycles. The van der Waals surface area contributed by atoms with Crippen molar-refractivity contribution < 1.29 is 8.42 Å². The minimum absolute atomic E-state index is 0.316. The fraction of sp³-hybridized carbons (Fsp3) is 1.00. The van der Waals surface area contributed by atoms with E-state index in [1.54, 1.807) is 0 Å². The quantitative estimate of drug-likeness (QED) is 0.619. The molecule has 0 saturated carbocycles. The lowest BCUT2D eigenvalue weighted by Gasteiger charge is -2.24. The van der Waals surface area contributed by atoms with Gasteiger partial charge in [0.05, 0.1) is 0 Å². The zero-order valence-corrected chi connectivity index (χ0v) is 10.4. The van der Waals surface area contributed by atoms with E-state index in [1.807, 2.05) is 20.8 Å². The van der Waals surface area contributed by atoms with Crippen LogP contribution in [0.2, 0.25) is 0 Å². The van der Waals surface area contributed by atoms with Crippen molar-refractivity contribution in [3.63, 3.8) is 0 Å². The third-order valence-corrected chi connectivity index (χ3v) is 3.74. The molecule has 0 radical (unpaired) electrons. The number of nitrogens with one attached hydrogen (secondary N) is 3. The molecular formula is C9H21N3O2S. The Kier molecular flexibility index (Phi) is 4.11. The summed E-state index contributed by atoms with van der Waals surface area (Å²) in [6.45, 7) is 7.89. The SMILES string of the molecule is CC(C)CNS(=O)(=O)NC1(C)CCNC1. The third-order valence-electron chi connectivity index (χ3n) is 2.43. The van der Waals surface area contributed by atoms with Gasteiger partial charge in [0.15, 0.2) is 0 Å². The Morgan fingerprint density at radius 1 is 1.47 bits per heavy atom. The van der Waals surface area contributed by atoms with Gasteiger partial charge in [-0.3, -0.25) is 0 Å². The molecule has 0 aromatic rings. The van der Waals surface area contributed by atoms with Crippen molar-refractivity contribution in [2.45, 2.75) is 32.7 Å². The number of rotatable bonds is 5. The highest BCUT2D eigenvalue weighted by atomic mass is 32.2. The van der Waals surface area contributed by atoms with Crippen LogP contribution in [0.25, 0.3) is 0 Å². The summed E-state index contributed by atoms with van der Waals surface area (Å²) < 4.78 is 28.5. The van der Waals surface area contributed by atoms with Gasteiger partial charge in [-0.1, -0.05) is 13.8 Å². The molecule has 1 heterocycles. The van der Waals surface area contributed by atoms with Gasteiger partial charge < -0.3 is 5.32 Å². The maximum Gasteiger partial charge on any atom is 0.277 e. The van der Waals surface area contributed by atoms with Crippen LogP contribution < -0.4 is 14.8 Å². The van der Waals surface area contributed by atoms with E-state index < -0.39 is 10.2 Å². The summed E-state index contributed by atoms with van der Waals surface area (Å²) in [7, 11) is -3.36. The zero-order valence-electron chi connectivity index (χ0n) is 9.63. The highest BCUT2D eigenvalue weighted by Crippen LogP contribution is 2.13. The summed E-state index contributed by atoms with van der Waals surface area (Å²) in [4.78, 5) is 0. The standard InChI is InChI=1S/C9H21N3O2S/c1-8(2)6-11-15(13,14)12-9(3)4-5-10-7-9/h8,10-12H,4-7H2,1-3H3. The fourth-order valence-electron chi connectivity index (χ4n) is 1.54. The summed E-state index contributed by atoms with van der Waals surface area (Å²) in [5.74, 6) is 0.316. The van der Waals surface area contributed by atoms with Gasteiger partial charge in [0.25, 0.3) is 10.2 Å². The highest BCUT2D eigenvalue weighted by Gasteiger charge is 2.32. The zero-order chi connectivity index (χ0) is 11.5. The molecule has 3 N–H and O–H groups in total. The van der Waals surface area contributed by atoms with Crippen LogP contribution in [0.3, 0.4) is 0 Å². The van der Waals surface area contributed by atoms with E-state index in [4.69, 9.17) is 0 Å². The monoisotopic (exact) mass is 235 g/mol. The van der Waals surface area contributed by atoms with Crippen LogP contribution in [0.15, 0.2) is 0 Å². The summed E-state index contributed by atoms with van der Waals surface area (Å²) in [6.07, 6.45) is 0.829. The molecule has 1 unspecified atom stereocenters. The molecule has 0 aromatic carbocycles. The molecule has 0 spiro atoms. The molecule has 5 nitrogen and oxygen atoms in total. The lowest BCUT2D eigenvalue weighted by molar-refractivity contribution is 0.444. The van der Waals surface area contributed by atoms with Gasteiger partial charge in [-0.2, -0.15) is 13.1 Å². The van der Waals surface area contributed by atoms with Crippen molar-refractivity contribution in [1.82, 2.24) is 14.8 Å². The van der Waals surface area contributed by atoms with Crippen LogP contribution >= 0.6 is 0 Å². The Labute approximate surface area is 92.2 Å². The summed E-state index contributed by atoms with van der Waals surface area (Å²) in [5, 5.41) is 3.15. The van der Waals surface area contributed by atoms with E-state index in [9.17, 15) is 8.42 Å². The largest absolute Gasteiger partial charge is 0.315 e. The maximum atomic E-state index is 11.6. The van der Waals surface area contributed by atoms with Gasteiger partial charge in [-0.05, 0) is 25.8 Å². The van der Waals surface area contributed by atoms with Crippen LogP contribution in [-0.2, 0) is 10.2 Å². The first-order valence-electron chi connectivity index (χ1n) is 5.32. The molecule has 1 rings (SSSR count). The molecule has 1 fully saturated rings. The summed E-state index contributed by atoms with van der Waals surface area (Å²) in [5.41, 5.74) is -0.344. The predicted octanol–water partition coefficient (Wildman–Crippen LogP) is -0.182. The Morgan fingerprint density at radius 3 is 2.60 bits per heavy atom. The van der Waals surface area contributed by atoms with Crippen molar-refractivity contribution in [2.75, 3.05) is 19.6 Å². The molecule has 0 amide bonds. The summed E-state index contributed by atoms with van der Waals surface area (Å²) in [6, 6.07) is 0. The van der Waals surface area contributed by atoms with Crippen molar-refractivity contribution in [3.8, 4) is 0 Å². The minimum atomic E-state index is -3.36. The molecule has 0 aromatic heterocycles. The Balaban J connectivity index is 2.48. The lowest BCUT2D eigenvalue weighted by Crippen LogP contribution is -2.52. The molecule has 0 aliphatic carbocycles. The fourth-order valence-corrected chi connectivity index (χ4v) is 2.99. The Morgan fingerprint density at radius 2 is 2.13 bits per heavy atom. The number of hydrogen-bond donors (Lipinski definition) is 3. The average molecular weight is 235 g/mol. The second-order valence-corrected chi connectivity index (χ2v) is 6.33. The van der Waals surface area contributed by atoms with Gasteiger partial charge in [0.1, 0.15) is 0 Å². The van der Waals surface area contributed by atoms with Crippen molar-refractivity contribution in [1.29, 1.82) is 0 Å². The van der Waals surface area contributed by atoms with Crippen LogP contribution in [-0.4, -0.2) is 33.6 Å². The maximum absolute atomic E-state index is 11.6. The molecule has 6 heteroatoms. The molecule has 15 heavy (non-hydrogen) atoms. The molecule has 1 atom stereocenters. The lowest BCUT2D eigenvalue weighted by atomic mass is 10.0. The number of hydrogen-bond acceptors (Lipinski definition) is 3. The Hall–Kier alpha value is -0.170. The van der Waals surface area contributed by atoms with Gasteiger partial charge >= 0.3 is 0 Å². The van der Waals surface area contributed by atoms with Crippen LogP contribution in [0.5, 0.6) is 0 Å². The van der Waals surface area contributed by atoms with E-state index in [0.29, 0.717) is 19.0 Å². The molecule has 0 bridgehead atoms.